The summed E-state index contributed by atoms with van der Waals surface area (Å²) < 4.78 is 6.21. The number of hydrogen-bond donors (Lipinski definition) is 1. The summed E-state index contributed by atoms with van der Waals surface area (Å²) in [6.45, 7) is 15.1. The Balaban J connectivity index is 1.77. The standard InChI is InChI=1S/C20H39NO2/c1-14(2)19-7-6-15(3)9-20(19)23-13-18(22)12-21-10-16(4)8-17(5)11-21/h14-20,22H,6-13H2,1-5H3/t15-,16-,17+,18+,19-,20+/m0/s1. The van der Waals surface area contributed by atoms with Crippen LogP contribution in [0, 0.1) is 29.6 Å². The molecule has 23 heavy (non-hydrogen) atoms. The van der Waals surface area contributed by atoms with Gasteiger partial charge in [0.25, 0.3) is 0 Å². The molecule has 0 aromatic rings. The van der Waals surface area contributed by atoms with Crippen molar-refractivity contribution in [2.75, 3.05) is 26.2 Å². The van der Waals surface area contributed by atoms with E-state index in [0.29, 0.717) is 24.5 Å². The van der Waals surface area contributed by atoms with Gasteiger partial charge in [0, 0.05) is 19.6 Å². The second kappa shape index (κ2) is 8.82. The summed E-state index contributed by atoms with van der Waals surface area (Å²) >= 11 is 0. The highest BCUT2D eigenvalue weighted by atomic mass is 16.5. The molecule has 1 aliphatic carbocycles. The minimum Gasteiger partial charge on any atom is -0.389 e. The van der Waals surface area contributed by atoms with Crippen LogP contribution < -0.4 is 0 Å². The maximum atomic E-state index is 10.4. The average Bonchev–Trinajstić information content (AvgIpc) is 2.43. The molecule has 2 rings (SSSR count). The lowest BCUT2D eigenvalue weighted by molar-refractivity contribution is -0.0761. The monoisotopic (exact) mass is 325 g/mol. The van der Waals surface area contributed by atoms with E-state index in [9.17, 15) is 5.11 Å². The summed E-state index contributed by atoms with van der Waals surface area (Å²) in [5, 5.41) is 10.4. The first kappa shape index (κ1) is 19.2. The Bertz CT molecular complexity index is 337. The van der Waals surface area contributed by atoms with Crippen molar-refractivity contribution >= 4 is 0 Å². The van der Waals surface area contributed by atoms with Crippen LogP contribution in [-0.4, -0.2) is 48.5 Å². The van der Waals surface area contributed by atoms with Crippen molar-refractivity contribution in [2.24, 2.45) is 29.6 Å². The van der Waals surface area contributed by atoms with Gasteiger partial charge in [-0.05, 0) is 48.9 Å². The van der Waals surface area contributed by atoms with Crippen LogP contribution in [0.2, 0.25) is 0 Å². The summed E-state index contributed by atoms with van der Waals surface area (Å²) in [6.07, 6.45) is 5.08. The molecule has 2 fully saturated rings. The number of ether oxygens (including phenoxy) is 1. The molecule has 0 spiro atoms. The Morgan fingerprint density at radius 1 is 1.00 bits per heavy atom. The molecular formula is C20H39NO2. The third-order valence-electron chi connectivity index (χ3n) is 5.88. The average molecular weight is 326 g/mol. The quantitative estimate of drug-likeness (QED) is 0.806. The number of piperidine rings is 1. The first-order valence-electron chi connectivity index (χ1n) is 9.87. The van der Waals surface area contributed by atoms with Crippen molar-refractivity contribution < 1.29 is 9.84 Å². The van der Waals surface area contributed by atoms with Crippen LogP contribution in [0.3, 0.4) is 0 Å². The fraction of sp³-hybridized carbons (Fsp3) is 1.00. The Labute approximate surface area is 143 Å². The van der Waals surface area contributed by atoms with Crippen molar-refractivity contribution in [2.45, 2.75) is 72.5 Å². The molecular weight excluding hydrogens is 286 g/mol. The van der Waals surface area contributed by atoms with Crippen LogP contribution in [0.15, 0.2) is 0 Å². The third kappa shape index (κ3) is 6.03. The van der Waals surface area contributed by atoms with Gasteiger partial charge in [-0.15, -0.1) is 0 Å². The van der Waals surface area contributed by atoms with E-state index >= 15 is 0 Å². The summed E-state index contributed by atoms with van der Waals surface area (Å²) in [4.78, 5) is 2.43. The fourth-order valence-electron chi connectivity index (χ4n) is 4.83. The minimum absolute atomic E-state index is 0.340. The lowest BCUT2D eigenvalue weighted by Crippen LogP contribution is -2.44. The third-order valence-corrected chi connectivity index (χ3v) is 5.88. The van der Waals surface area contributed by atoms with Crippen LogP contribution in [0.1, 0.15) is 60.3 Å². The molecule has 1 N–H and O–H groups in total. The largest absolute Gasteiger partial charge is 0.389 e. The van der Waals surface area contributed by atoms with E-state index in [1.165, 1.54) is 19.3 Å². The van der Waals surface area contributed by atoms with Crippen LogP contribution in [-0.2, 0) is 4.74 Å². The fourth-order valence-corrected chi connectivity index (χ4v) is 4.83. The molecule has 6 atom stereocenters. The molecule has 0 aromatic carbocycles. The first-order chi connectivity index (χ1) is 10.8. The predicted molar refractivity (Wildman–Crippen MR) is 96.5 cm³/mol. The van der Waals surface area contributed by atoms with Crippen molar-refractivity contribution in [1.29, 1.82) is 0 Å². The zero-order chi connectivity index (χ0) is 17.0. The molecule has 3 heteroatoms. The normalized spacial score (nSPS) is 38.0. The SMILES string of the molecule is CC(C)[C@@H]1CC[C@H](C)C[C@H]1OC[C@H](O)CN1C[C@H](C)C[C@H](C)C1. The molecule has 0 aromatic heterocycles. The first-order valence-corrected chi connectivity index (χ1v) is 9.87. The number of β-amino-alcohol motifs (C(OH)–C–C–N with tert-alkyl or cyclic N) is 1. The highest BCUT2D eigenvalue weighted by Crippen LogP contribution is 2.35. The molecule has 0 amide bonds. The van der Waals surface area contributed by atoms with E-state index in [0.717, 1.165) is 43.8 Å². The van der Waals surface area contributed by atoms with Crippen molar-refractivity contribution in [1.82, 2.24) is 4.90 Å². The summed E-state index contributed by atoms with van der Waals surface area (Å²) in [5.74, 6) is 3.59. The van der Waals surface area contributed by atoms with Gasteiger partial charge in [0.05, 0.1) is 18.8 Å². The summed E-state index contributed by atoms with van der Waals surface area (Å²) in [5.41, 5.74) is 0. The van der Waals surface area contributed by atoms with Crippen molar-refractivity contribution in [3.63, 3.8) is 0 Å². The number of rotatable bonds is 6. The second-order valence-electron chi connectivity index (χ2n) is 9.02. The topological polar surface area (TPSA) is 32.7 Å². The lowest BCUT2D eigenvalue weighted by Gasteiger charge is -2.38. The van der Waals surface area contributed by atoms with E-state index in [1.807, 2.05) is 0 Å². The molecule has 0 bridgehead atoms. The minimum atomic E-state index is -0.349. The van der Waals surface area contributed by atoms with E-state index in [1.54, 1.807) is 0 Å². The van der Waals surface area contributed by atoms with Gasteiger partial charge < -0.3 is 14.7 Å². The zero-order valence-electron chi connectivity index (χ0n) is 16.0. The molecule has 0 unspecified atom stereocenters. The second-order valence-corrected chi connectivity index (χ2v) is 9.02. The molecule has 3 nitrogen and oxygen atoms in total. The van der Waals surface area contributed by atoms with Crippen LogP contribution in [0.4, 0.5) is 0 Å². The smallest absolute Gasteiger partial charge is 0.0900 e. The van der Waals surface area contributed by atoms with Gasteiger partial charge in [0.2, 0.25) is 0 Å². The van der Waals surface area contributed by atoms with Crippen molar-refractivity contribution in [3.05, 3.63) is 0 Å². The predicted octanol–water partition coefficient (Wildman–Crippen LogP) is 3.80. The number of aliphatic hydroxyl groups is 1. The lowest BCUT2D eigenvalue weighted by atomic mass is 9.75. The van der Waals surface area contributed by atoms with E-state index in [4.69, 9.17) is 4.74 Å². The molecule has 2 aliphatic rings. The summed E-state index contributed by atoms with van der Waals surface area (Å²) in [7, 11) is 0. The van der Waals surface area contributed by atoms with Gasteiger partial charge in [0.1, 0.15) is 0 Å². The highest BCUT2D eigenvalue weighted by Gasteiger charge is 2.32. The molecule has 1 saturated carbocycles. The zero-order valence-corrected chi connectivity index (χ0v) is 16.0. The summed E-state index contributed by atoms with van der Waals surface area (Å²) in [6, 6.07) is 0. The molecule has 1 heterocycles. The van der Waals surface area contributed by atoms with Gasteiger partial charge >= 0.3 is 0 Å². The van der Waals surface area contributed by atoms with Crippen molar-refractivity contribution in [3.8, 4) is 0 Å². The van der Waals surface area contributed by atoms with Crippen LogP contribution >= 0.6 is 0 Å². The Kier molecular flexibility index (Phi) is 7.37. The molecule has 0 radical (unpaired) electrons. The van der Waals surface area contributed by atoms with E-state index in [2.05, 4.69) is 39.5 Å². The number of likely N-dealkylation sites (tertiary alicyclic amines) is 1. The number of hydrogen-bond acceptors (Lipinski definition) is 3. The molecule has 136 valence electrons. The van der Waals surface area contributed by atoms with Gasteiger partial charge in [-0.2, -0.15) is 0 Å². The maximum absolute atomic E-state index is 10.4. The van der Waals surface area contributed by atoms with E-state index < -0.39 is 0 Å². The Hall–Kier alpha value is -0.120. The number of nitrogens with zero attached hydrogens (tertiary/aromatic N) is 1. The maximum Gasteiger partial charge on any atom is 0.0900 e. The van der Waals surface area contributed by atoms with Gasteiger partial charge in [-0.1, -0.05) is 41.0 Å². The van der Waals surface area contributed by atoms with Gasteiger partial charge in [-0.25, -0.2) is 0 Å². The number of aliphatic hydroxyl groups excluding tert-OH is 1. The van der Waals surface area contributed by atoms with E-state index in [-0.39, 0.29) is 6.10 Å². The van der Waals surface area contributed by atoms with Gasteiger partial charge in [0.15, 0.2) is 0 Å². The molecule has 1 saturated heterocycles. The molecule has 1 aliphatic heterocycles. The Morgan fingerprint density at radius 3 is 2.26 bits per heavy atom. The Morgan fingerprint density at radius 2 is 1.65 bits per heavy atom. The highest BCUT2D eigenvalue weighted by molar-refractivity contribution is 4.82. The van der Waals surface area contributed by atoms with Crippen LogP contribution in [0.5, 0.6) is 0 Å². The van der Waals surface area contributed by atoms with Gasteiger partial charge in [-0.3, -0.25) is 0 Å². The van der Waals surface area contributed by atoms with Crippen LogP contribution in [0.25, 0.3) is 0 Å².